The van der Waals surface area contributed by atoms with Gasteiger partial charge >= 0.3 is 6.36 Å². The van der Waals surface area contributed by atoms with Gasteiger partial charge in [-0.15, -0.1) is 13.2 Å². The lowest BCUT2D eigenvalue weighted by Gasteiger charge is -2.23. The summed E-state index contributed by atoms with van der Waals surface area (Å²) in [4.78, 5) is 13.6. The van der Waals surface area contributed by atoms with Crippen LogP contribution in [0.4, 0.5) is 18.9 Å². The Morgan fingerprint density at radius 1 is 1.23 bits per heavy atom. The molecule has 3 rings (SSSR count). The average molecular weight is 313 g/mol. The van der Waals surface area contributed by atoms with E-state index in [0.29, 0.717) is 18.5 Å². The summed E-state index contributed by atoms with van der Waals surface area (Å²) in [5.74, 6) is -1.09. The molecule has 2 aliphatic rings. The number of ether oxygens (including phenoxy) is 1. The number of hydrogen-bond acceptors (Lipinski definition) is 3. The first-order valence-electron chi connectivity index (χ1n) is 6.80. The van der Waals surface area contributed by atoms with Crippen molar-refractivity contribution in [2.75, 3.05) is 4.90 Å². The number of aliphatic hydroxyl groups excluding tert-OH is 1. The van der Waals surface area contributed by atoms with Crippen molar-refractivity contribution in [1.29, 1.82) is 0 Å². The van der Waals surface area contributed by atoms with Gasteiger partial charge in [0, 0.05) is 17.5 Å². The van der Waals surface area contributed by atoms with Crippen LogP contribution >= 0.6 is 0 Å². The molecule has 1 aromatic carbocycles. The predicted octanol–water partition coefficient (Wildman–Crippen LogP) is 2.83. The molecule has 3 atom stereocenters. The number of carbonyl (C=O) groups is 1. The molecule has 1 amide bonds. The molecule has 7 heteroatoms. The number of hydrogen-bond donors (Lipinski definition) is 1. The van der Waals surface area contributed by atoms with E-state index in [0.717, 1.165) is 17.7 Å². The van der Waals surface area contributed by atoms with Crippen molar-refractivity contribution in [3.05, 3.63) is 36.4 Å². The van der Waals surface area contributed by atoms with Gasteiger partial charge in [0.2, 0.25) is 5.91 Å². The lowest BCUT2D eigenvalue weighted by Crippen LogP contribution is -2.35. The van der Waals surface area contributed by atoms with Crippen LogP contribution in [0.15, 0.2) is 36.4 Å². The number of alkyl halides is 3. The fourth-order valence-electron chi connectivity index (χ4n) is 3.19. The number of anilines is 1. The maximum Gasteiger partial charge on any atom is 0.573 e. The van der Waals surface area contributed by atoms with Crippen molar-refractivity contribution < 1.29 is 27.8 Å². The molecule has 4 nitrogen and oxygen atoms in total. The summed E-state index contributed by atoms with van der Waals surface area (Å²) in [6, 6.07) is 4.90. The summed E-state index contributed by atoms with van der Waals surface area (Å²) < 4.78 is 40.2. The number of rotatable bonds is 2. The minimum atomic E-state index is -4.76. The summed E-state index contributed by atoms with van der Waals surface area (Å²) >= 11 is 0. The van der Waals surface area contributed by atoms with Gasteiger partial charge in [0.05, 0.1) is 0 Å². The second kappa shape index (κ2) is 5.01. The van der Waals surface area contributed by atoms with Crippen LogP contribution < -0.4 is 9.64 Å². The summed E-state index contributed by atoms with van der Waals surface area (Å²) in [5.41, 5.74) is 1.29. The maximum atomic E-state index is 12.4. The van der Waals surface area contributed by atoms with Crippen LogP contribution in [0.3, 0.4) is 0 Å². The molecule has 118 valence electrons. The molecular formula is C15H14F3NO3. The Bertz CT molecular complexity index is 611. The molecule has 1 aromatic rings. The molecule has 1 saturated carbocycles. The van der Waals surface area contributed by atoms with E-state index in [-0.39, 0.29) is 23.5 Å². The first kappa shape index (κ1) is 14.9. The van der Waals surface area contributed by atoms with Gasteiger partial charge < -0.3 is 9.84 Å². The fourth-order valence-corrected chi connectivity index (χ4v) is 3.19. The monoisotopic (exact) mass is 313 g/mol. The van der Waals surface area contributed by atoms with Gasteiger partial charge in [0.15, 0.2) is 0 Å². The maximum absolute atomic E-state index is 12.4. The summed E-state index contributed by atoms with van der Waals surface area (Å²) in [7, 11) is 0. The second-order valence-corrected chi connectivity index (χ2v) is 5.59. The highest BCUT2D eigenvalue weighted by molar-refractivity contribution is 5.98. The number of aliphatic hydroxyl groups is 1. The number of benzene rings is 1. The van der Waals surface area contributed by atoms with Gasteiger partial charge in [-0.3, -0.25) is 9.69 Å². The zero-order valence-electron chi connectivity index (χ0n) is 11.5. The van der Waals surface area contributed by atoms with E-state index >= 15 is 0 Å². The van der Waals surface area contributed by atoms with Gasteiger partial charge in [-0.05, 0) is 37.1 Å². The number of nitrogens with zero attached hydrogens (tertiary/aromatic N) is 1. The van der Waals surface area contributed by atoms with Gasteiger partial charge in [-0.2, -0.15) is 0 Å². The molecule has 1 saturated heterocycles. The summed E-state index contributed by atoms with van der Waals surface area (Å²) in [6.45, 7) is 3.84. The zero-order chi connectivity index (χ0) is 16.1. The smallest absolute Gasteiger partial charge is 0.406 e. The minimum absolute atomic E-state index is 0.203. The van der Waals surface area contributed by atoms with Gasteiger partial charge in [-0.1, -0.05) is 12.2 Å². The highest BCUT2D eigenvalue weighted by Gasteiger charge is 2.51. The molecule has 2 fully saturated rings. The van der Waals surface area contributed by atoms with Crippen LogP contribution in [-0.4, -0.2) is 23.6 Å². The predicted molar refractivity (Wildman–Crippen MR) is 72.0 cm³/mol. The standard InChI is InChI=1S/C15H14F3NO3/c1-8-6-11-12(7-8)14(21)19(13(11)20)9-2-4-10(5-3-9)22-15(16,17)18/h2-5,11-13,20H,1,6-7H2/t11-,12+,13?/m1/s1. The Balaban J connectivity index is 1.80. The van der Waals surface area contributed by atoms with Crippen LogP contribution in [0.1, 0.15) is 12.8 Å². The number of fused-ring (bicyclic) bond motifs is 1. The third-order valence-electron chi connectivity index (χ3n) is 4.10. The number of carbonyl (C=O) groups excluding carboxylic acids is 1. The van der Waals surface area contributed by atoms with Gasteiger partial charge in [0.1, 0.15) is 12.0 Å². The van der Waals surface area contributed by atoms with E-state index in [4.69, 9.17) is 0 Å². The van der Waals surface area contributed by atoms with E-state index < -0.39 is 12.6 Å². The van der Waals surface area contributed by atoms with E-state index in [2.05, 4.69) is 11.3 Å². The first-order valence-corrected chi connectivity index (χ1v) is 6.80. The van der Waals surface area contributed by atoms with Crippen LogP contribution in [0, 0.1) is 11.8 Å². The normalized spacial score (nSPS) is 28.2. The molecular weight excluding hydrogens is 299 g/mol. The van der Waals surface area contributed by atoms with E-state index in [1.165, 1.54) is 17.0 Å². The molecule has 22 heavy (non-hydrogen) atoms. The second-order valence-electron chi connectivity index (χ2n) is 5.59. The van der Waals surface area contributed by atoms with Crippen molar-refractivity contribution >= 4 is 11.6 Å². The van der Waals surface area contributed by atoms with Crippen LogP contribution in [0.25, 0.3) is 0 Å². The van der Waals surface area contributed by atoms with Crippen molar-refractivity contribution in [2.24, 2.45) is 11.8 Å². The molecule has 1 N–H and O–H groups in total. The van der Waals surface area contributed by atoms with Gasteiger partial charge in [0.25, 0.3) is 0 Å². The highest BCUT2D eigenvalue weighted by atomic mass is 19.4. The molecule has 0 aromatic heterocycles. The lowest BCUT2D eigenvalue weighted by atomic mass is 9.99. The van der Waals surface area contributed by atoms with E-state index in [9.17, 15) is 23.1 Å². The molecule has 1 heterocycles. The molecule has 0 spiro atoms. The Hall–Kier alpha value is -2.02. The number of allylic oxidation sites excluding steroid dienone is 1. The fraction of sp³-hybridized carbons (Fsp3) is 0.400. The average Bonchev–Trinajstić information content (AvgIpc) is 2.89. The minimum Gasteiger partial charge on any atom is -0.406 e. The van der Waals surface area contributed by atoms with Crippen LogP contribution in [-0.2, 0) is 4.79 Å². The summed E-state index contributed by atoms with van der Waals surface area (Å²) in [5, 5.41) is 10.3. The van der Waals surface area contributed by atoms with Crippen molar-refractivity contribution in [3.8, 4) is 5.75 Å². The third-order valence-corrected chi connectivity index (χ3v) is 4.10. The quantitative estimate of drug-likeness (QED) is 0.854. The molecule has 0 radical (unpaired) electrons. The Labute approximate surface area is 124 Å². The highest BCUT2D eigenvalue weighted by Crippen LogP contribution is 2.45. The topological polar surface area (TPSA) is 49.8 Å². The summed E-state index contributed by atoms with van der Waals surface area (Å²) in [6.07, 6.45) is -4.61. The Kier molecular flexibility index (Phi) is 3.40. The zero-order valence-corrected chi connectivity index (χ0v) is 11.5. The van der Waals surface area contributed by atoms with E-state index in [1.807, 2.05) is 0 Å². The molecule has 1 aliphatic carbocycles. The van der Waals surface area contributed by atoms with Crippen molar-refractivity contribution in [1.82, 2.24) is 0 Å². The number of amides is 1. The molecule has 1 aliphatic heterocycles. The first-order chi connectivity index (χ1) is 10.3. The number of halogens is 3. The third kappa shape index (κ3) is 2.56. The Morgan fingerprint density at radius 2 is 1.86 bits per heavy atom. The van der Waals surface area contributed by atoms with Crippen molar-refractivity contribution in [3.63, 3.8) is 0 Å². The van der Waals surface area contributed by atoms with Gasteiger partial charge in [-0.25, -0.2) is 0 Å². The molecule has 1 unspecified atom stereocenters. The lowest BCUT2D eigenvalue weighted by molar-refractivity contribution is -0.274. The van der Waals surface area contributed by atoms with Crippen LogP contribution in [0.2, 0.25) is 0 Å². The largest absolute Gasteiger partial charge is 0.573 e. The Morgan fingerprint density at radius 3 is 2.41 bits per heavy atom. The SMILES string of the molecule is C=C1C[C@@H]2C(=O)N(c3ccc(OC(F)(F)F)cc3)C(O)[C@@H]2C1. The van der Waals surface area contributed by atoms with Crippen LogP contribution in [0.5, 0.6) is 5.75 Å². The van der Waals surface area contributed by atoms with E-state index in [1.54, 1.807) is 0 Å². The molecule has 0 bridgehead atoms. The van der Waals surface area contributed by atoms with Crippen molar-refractivity contribution in [2.45, 2.75) is 25.4 Å².